The third kappa shape index (κ3) is 5.49. The summed E-state index contributed by atoms with van der Waals surface area (Å²) < 4.78 is 11.8. The van der Waals surface area contributed by atoms with E-state index in [1.807, 2.05) is 11.0 Å². The Hall–Kier alpha value is -3.87. The Labute approximate surface area is 248 Å². The van der Waals surface area contributed by atoms with Crippen molar-refractivity contribution < 1.29 is 19.1 Å². The first-order valence-corrected chi connectivity index (χ1v) is 15.3. The van der Waals surface area contributed by atoms with E-state index in [1.165, 1.54) is 5.56 Å². The van der Waals surface area contributed by atoms with Crippen LogP contribution in [0.5, 0.6) is 5.75 Å². The summed E-state index contributed by atoms with van der Waals surface area (Å²) in [6.45, 7) is 8.53. The number of ether oxygens (including phenoxy) is 2. The number of cyclic esters (lactones) is 1. The molecule has 7 nitrogen and oxygen atoms in total. The van der Waals surface area contributed by atoms with Gasteiger partial charge in [-0.05, 0) is 94.2 Å². The highest BCUT2D eigenvalue weighted by Crippen LogP contribution is 2.41. The number of methoxy groups -OCH3 is 1. The Morgan fingerprint density at radius 2 is 1.69 bits per heavy atom. The zero-order valence-electron chi connectivity index (χ0n) is 25.1. The molecule has 0 radical (unpaired) electrons. The molecular weight excluding hydrogens is 526 g/mol. The number of benzene rings is 2. The zero-order chi connectivity index (χ0) is 29.4. The molecule has 220 valence electrons. The van der Waals surface area contributed by atoms with E-state index in [9.17, 15) is 9.59 Å². The van der Waals surface area contributed by atoms with E-state index in [2.05, 4.69) is 68.1 Å². The van der Waals surface area contributed by atoms with Gasteiger partial charge in [-0.25, -0.2) is 9.78 Å². The number of carbonyl (C=O) groups excluding carboxylic acids is 2. The number of aromatic nitrogens is 1. The molecule has 0 bridgehead atoms. The molecule has 6 rings (SSSR count). The molecule has 3 heterocycles. The standard InChI is InChI=1S/C35H41N3O4/c1-22-16-23(2)18-28(17-22)34-24(3)38(35(40)42-34)20-31-29(11-13-33(36-31)37-14-5-15-37)30-19-27(10-12-32(30)41-4)26-8-6-25(21-39)7-9-26/h10-13,16-19,21,24-26,34H,5-9,14-15,20H2,1-4H3/t24-,25-,26-,34-/m0/s1. The quantitative estimate of drug-likeness (QED) is 0.270. The van der Waals surface area contributed by atoms with Crippen LogP contribution in [-0.4, -0.2) is 48.5 Å². The third-order valence-electron chi connectivity index (χ3n) is 9.37. The minimum atomic E-state index is -0.336. The van der Waals surface area contributed by atoms with E-state index in [4.69, 9.17) is 14.5 Å². The van der Waals surface area contributed by atoms with Gasteiger partial charge in [0, 0.05) is 30.1 Å². The first-order valence-electron chi connectivity index (χ1n) is 15.3. The van der Waals surface area contributed by atoms with Crippen LogP contribution in [0.4, 0.5) is 10.6 Å². The number of rotatable bonds is 8. The molecule has 2 saturated heterocycles. The fourth-order valence-electron chi connectivity index (χ4n) is 6.85. The number of anilines is 1. The summed E-state index contributed by atoms with van der Waals surface area (Å²) in [4.78, 5) is 33.9. The first-order chi connectivity index (χ1) is 20.3. The van der Waals surface area contributed by atoms with Gasteiger partial charge in [0.25, 0.3) is 0 Å². The van der Waals surface area contributed by atoms with E-state index in [0.717, 1.165) is 96.6 Å². The molecule has 0 unspecified atom stereocenters. The largest absolute Gasteiger partial charge is 0.496 e. The van der Waals surface area contributed by atoms with Crippen LogP contribution in [0.3, 0.4) is 0 Å². The summed E-state index contributed by atoms with van der Waals surface area (Å²) in [5, 5.41) is 0. The molecule has 3 aliphatic rings. The zero-order valence-corrected chi connectivity index (χ0v) is 25.1. The highest BCUT2D eigenvalue weighted by molar-refractivity contribution is 5.76. The molecule has 1 aromatic heterocycles. The summed E-state index contributed by atoms with van der Waals surface area (Å²) in [7, 11) is 1.70. The Bertz CT molecular complexity index is 1450. The SMILES string of the molecule is COc1ccc([C@H]2CC[C@H](C=O)CC2)cc1-c1ccc(N2CCC2)nc1CN1C(=O)O[C@H](c2cc(C)cc(C)c2)[C@@H]1C. The van der Waals surface area contributed by atoms with E-state index < -0.39 is 0 Å². The summed E-state index contributed by atoms with van der Waals surface area (Å²) >= 11 is 0. The fourth-order valence-corrected chi connectivity index (χ4v) is 6.85. The van der Waals surface area contributed by atoms with Crippen LogP contribution in [0.2, 0.25) is 0 Å². The van der Waals surface area contributed by atoms with Crippen molar-refractivity contribution in [3.8, 4) is 16.9 Å². The minimum absolute atomic E-state index is 0.151. The Kier molecular flexibility index (Phi) is 7.93. The monoisotopic (exact) mass is 567 g/mol. The molecule has 2 aliphatic heterocycles. The molecular formula is C35H41N3O4. The van der Waals surface area contributed by atoms with Crippen LogP contribution in [0.1, 0.15) is 79.0 Å². The van der Waals surface area contributed by atoms with Crippen molar-refractivity contribution in [3.05, 3.63) is 76.5 Å². The van der Waals surface area contributed by atoms with E-state index in [0.29, 0.717) is 12.5 Å². The highest BCUT2D eigenvalue weighted by Gasteiger charge is 2.40. The van der Waals surface area contributed by atoms with Crippen LogP contribution in [0.15, 0.2) is 48.5 Å². The average molecular weight is 568 g/mol. The summed E-state index contributed by atoms with van der Waals surface area (Å²) in [5.41, 5.74) is 7.39. The van der Waals surface area contributed by atoms with Gasteiger partial charge in [-0.2, -0.15) is 0 Å². The van der Waals surface area contributed by atoms with Gasteiger partial charge in [0.1, 0.15) is 24.0 Å². The van der Waals surface area contributed by atoms with Crippen molar-refractivity contribution in [3.63, 3.8) is 0 Å². The van der Waals surface area contributed by atoms with Crippen LogP contribution in [0, 0.1) is 19.8 Å². The Morgan fingerprint density at radius 1 is 0.952 bits per heavy atom. The second-order valence-corrected chi connectivity index (χ2v) is 12.3. The number of hydrogen-bond donors (Lipinski definition) is 0. The molecule has 0 spiro atoms. The highest BCUT2D eigenvalue weighted by atomic mass is 16.6. The Balaban J connectivity index is 1.35. The van der Waals surface area contributed by atoms with Gasteiger partial charge in [0.15, 0.2) is 0 Å². The maximum Gasteiger partial charge on any atom is 0.411 e. The lowest BCUT2D eigenvalue weighted by Gasteiger charge is -2.33. The summed E-state index contributed by atoms with van der Waals surface area (Å²) in [6, 6.07) is 16.9. The summed E-state index contributed by atoms with van der Waals surface area (Å²) in [6.07, 6.45) is 5.50. The molecule has 7 heteroatoms. The average Bonchev–Trinajstić information content (AvgIpc) is 3.24. The Morgan fingerprint density at radius 3 is 2.33 bits per heavy atom. The van der Waals surface area contributed by atoms with Crippen molar-refractivity contribution >= 4 is 18.2 Å². The van der Waals surface area contributed by atoms with Crippen molar-refractivity contribution in [1.82, 2.24) is 9.88 Å². The second kappa shape index (κ2) is 11.8. The number of hydrogen-bond acceptors (Lipinski definition) is 6. The lowest BCUT2D eigenvalue weighted by Crippen LogP contribution is -2.38. The van der Waals surface area contributed by atoms with Gasteiger partial charge in [0.2, 0.25) is 0 Å². The maximum absolute atomic E-state index is 13.3. The minimum Gasteiger partial charge on any atom is -0.496 e. The fraction of sp³-hybridized carbons (Fsp3) is 0.457. The smallest absolute Gasteiger partial charge is 0.411 e. The van der Waals surface area contributed by atoms with Crippen molar-refractivity contribution in [1.29, 1.82) is 0 Å². The van der Waals surface area contributed by atoms with Gasteiger partial charge in [-0.15, -0.1) is 0 Å². The predicted molar refractivity (Wildman–Crippen MR) is 164 cm³/mol. The van der Waals surface area contributed by atoms with Gasteiger partial charge in [-0.3, -0.25) is 4.90 Å². The molecule has 3 fully saturated rings. The van der Waals surface area contributed by atoms with Crippen LogP contribution < -0.4 is 9.64 Å². The van der Waals surface area contributed by atoms with E-state index in [-0.39, 0.29) is 24.2 Å². The van der Waals surface area contributed by atoms with Gasteiger partial charge >= 0.3 is 6.09 Å². The topological polar surface area (TPSA) is 72.0 Å². The van der Waals surface area contributed by atoms with Crippen LogP contribution in [-0.2, 0) is 16.1 Å². The first kappa shape index (κ1) is 28.3. The van der Waals surface area contributed by atoms with E-state index >= 15 is 0 Å². The normalized spacial score (nSPS) is 23.9. The van der Waals surface area contributed by atoms with Gasteiger partial charge in [-0.1, -0.05) is 35.4 Å². The van der Waals surface area contributed by atoms with Crippen molar-refractivity contribution in [2.24, 2.45) is 5.92 Å². The second-order valence-electron chi connectivity index (χ2n) is 12.3. The molecule has 42 heavy (non-hydrogen) atoms. The molecule has 1 amide bonds. The van der Waals surface area contributed by atoms with E-state index in [1.54, 1.807) is 7.11 Å². The number of aldehydes is 1. The third-order valence-corrected chi connectivity index (χ3v) is 9.37. The number of aryl methyl sites for hydroxylation is 2. The van der Waals surface area contributed by atoms with Crippen LogP contribution >= 0.6 is 0 Å². The summed E-state index contributed by atoms with van der Waals surface area (Å²) in [5.74, 6) is 2.31. The van der Waals surface area contributed by atoms with Gasteiger partial charge < -0.3 is 19.2 Å². The lowest BCUT2D eigenvalue weighted by molar-refractivity contribution is -0.111. The molecule has 3 aromatic rings. The predicted octanol–water partition coefficient (Wildman–Crippen LogP) is 7.14. The van der Waals surface area contributed by atoms with Crippen molar-refractivity contribution in [2.45, 2.75) is 77.5 Å². The lowest BCUT2D eigenvalue weighted by atomic mass is 9.78. The molecule has 1 aliphatic carbocycles. The van der Waals surface area contributed by atoms with Crippen LogP contribution in [0.25, 0.3) is 11.1 Å². The number of pyridine rings is 1. The van der Waals surface area contributed by atoms with Gasteiger partial charge in [0.05, 0.1) is 25.4 Å². The molecule has 0 N–H and O–H groups in total. The molecule has 2 atom stereocenters. The number of carbonyl (C=O) groups is 2. The van der Waals surface area contributed by atoms with Crippen molar-refractivity contribution in [2.75, 3.05) is 25.1 Å². The molecule has 1 saturated carbocycles. The number of nitrogens with zero attached hydrogens (tertiary/aromatic N) is 3. The number of amides is 1. The maximum atomic E-state index is 13.3. The molecule has 2 aromatic carbocycles.